The summed E-state index contributed by atoms with van der Waals surface area (Å²) in [5, 5.41) is 5.26. The van der Waals surface area contributed by atoms with Gasteiger partial charge in [0.2, 0.25) is 0 Å². The van der Waals surface area contributed by atoms with E-state index in [1.54, 1.807) is 36.4 Å². The molecule has 0 saturated carbocycles. The number of nitrogens with one attached hydrogen (secondary N) is 3. The Morgan fingerprint density at radius 2 is 1.39 bits per heavy atom. The minimum absolute atomic E-state index is 0.110. The Balaban J connectivity index is 1.62. The second-order valence-electron chi connectivity index (χ2n) is 6.36. The van der Waals surface area contributed by atoms with Gasteiger partial charge in [0.15, 0.2) is 0 Å². The van der Waals surface area contributed by atoms with E-state index in [0.29, 0.717) is 23.7 Å². The zero-order valence-corrected chi connectivity index (χ0v) is 17.5. The van der Waals surface area contributed by atoms with E-state index >= 15 is 0 Å². The Morgan fingerprint density at radius 1 is 0.806 bits per heavy atom. The number of carbonyl (C=O) groups excluding carboxylic acids is 2. The highest BCUT2D eigenvalue weighted by Gasteiger charge is 2.19. The Bertz CT molecular complexity index is 1150. The van der Waals surface area contributed by atoms with Crippen molar-refractivity contribution >= 4 is 33.3 Å². The highest BCUT2D eigenvalue weighted by atomic mass is 32.2. The maximum absolute atomic E-state index is 12.5. The van der Waals surface area contributed by atoms with E-state index in [4.69, 9.17) is 4.74 Å². The molecule has 0 unspecified atom stereocenters. The Labute approximate surface area is 180 Å². The zero-order chi connectivity index (χ0) is 22.3. The molecule has 0 aliphatic rings. The van der Waals surface area contributed by atoms with Crippen LogP contribution in [0.4, 0.5) is 16.2 Å². The SMILES string of the molecule is CCOc1ccc(C(=O)NS(=O)(=O)c2ccc(NC(=O)Nc3ccccc3)cc2)cc1. The van der Waals surface area contributed by atoms with Gasteiger partial charge in [0.25, 0.3) is 15.9 Å². The van der Waals surface area contributed by atoms with Crippen LogP contribution in [0.1, 0.15) is 17.3 Å². The summed E-state index contributed by atoms with van der Waals surface area (Å²) in [7, 11) is -4.08. The van der Waals surface area contributed by atoms with Crippen molar-refractivity contribution in [1.82, 2.24) is 4.72 Å². The predicted octanol–water partition coefficient (Wildman–Crippen LogP) is 3.85. The molecular formula is C22H21N3O5S. The van der Waals surface area contributed by atoms with Gasteiger partial charge >= 0.3 is 6.03 Å². The first-order valence-corrected chi connectivity index (χ1v) is 10.9. The van der Waals surface area contributed by atoms with Crippen molar-refractivity contribution in [3.8, 4) is 5.75 Å². The van der Waals surface area contributed by atoms with Gasteiger partial charge in [0.1, 0.15) is 5.75 Å². The number of amides is 3. The predicted molar refractivity (Wildman–Crippen MR) is 118 cm³/mol. The Hall–Kier alpha value is -3.85. The van der Waals surface area contributed by atoms with Crippen LogP contribution in [0.3, 0.4) is 0 Å². The molecule has 0 fully saturated rings. The third-order valence-electron chi connectivity index (χ3n) is 4.11. The molecule has 0 radical (unpaired) electrons. The Morgan fingerprint density at radius 3 is 1.97 bits per heavy atom. The van der Waals surface area contributed by atoms with Gasteiger partial charge in [-0.3, -0.25) is 4.79 Å². The summed E-state index contributed by atoms with van der Waals surface area (Å²) >= 11 is 0. The second-order valence-corrected chi connectivity index (χ2v) is 8.04. The number of ether oxygens (including phenoxy) is 1. The van der Waals surface area contributed by atoms with Crippen molar-refractivity contribution in [3.63, 3.8) is 0 Å². The zero-order valence-electron chi connectivity index (χ0n) is 16.7. The molecule has 0 atom stereocenters. The number of hydrogen-bond donors (Lipinski definition) is 3. The fourth-order valence-corrected chi connectivity index (χ4v) is 3.62. The second kappa shape index (κ2) is 9.77. The molecule has 9 heteroatoms. The van der Waals surface area contributed by atoms with Crippen LogP contribution in [0, 0.1) is 0 Å². The number of urea groups is 1. The fraction of sp³-hybridized carbons (Fsp3) is 0.0909. The van der Waals surface area contributed by atoms with Crippen LogP contribution >= 0.6 is 0 Å². The van der Waals surface area contributed by atoms with Crippen molar-refractivity contribution in [2.75, 3.05) is 17.2 Å². The maximum Gasteiger partial charge on any atom is 0.323 e. The molecule has 0 heterocycles. The number of para-hydroxylation sites is 1. The van der Waals surface area contributed by atoms with Crippen molar-refractivity contribution in [3.05, 3.63) is 84.4 Å². The average Bonchev–Trinajstić information content (AvgIpc) is 2.75. The highest BCUT2D eigenvalue weighted by Crippen LogP contribution is 2.16. The van der Waals surface area contributed by atoms with Crippen LogP contribution in [0.2, 0.25) is 0 Å². The number of benzene rings is 3. The van der Waals surface area contributed by atoms with E-state index in [1.807, 2.05) is 17.7 Å². The molecule has 3 N–H and O–H groups in total. The molecule has 3 aromatic rings. The topological polar surface area (TPSA) is 114 Å². The first kappa shape index (κ1) is 21.8. The molecule has 0 bridgehead atoms. The van der Waals surface area contributed by atoms with Gasteiger partial charge in [0.05, 0.1) is 11.5 Å². The van der Waals surface area contributed by atoms with Crippen LogP contribution in [0.25, 0.3) is 0 Å². The van der Waals surface area contributed by atoms with Gasteiger partial charge in [-0.1, -0.05) is 18.2 Å². The van der Waals surface area contributed by atoms with Crippen molar-refractivity contribution in [1.29, 1.82) is 0 Å². The van der Waals surface area contributed by atoms with Gasteiger partial charge < -0.3 is 15.4 Å². The van der Waals surface area contributed by atoms with Crippen LogP contribution in [0.5, 0.6) is 5.75 Å². The monoisotopic (exact) mass is 439 g/mol. The van der Waals surface area contributed by atoms with E-state index in [1.165, 1.54) is 36.4 Å². The molecule has 0 aliphatic carbocycles. The minimum atomic E-state index is -4.08. The lowest BCUT2D eigenvalue weighted by atomic mass is 10.2. The summed E-state index contributed by atoms with van der Waals surface area (Å²) in [5.41, 5.74) is 1.20. The van der Waals surface area contributed by atoms with Crippen LogP contribution < -0.4 is 20.1 Å². The normalized spacial score (nSPS) is 10.7. The number of hydrogen-bond acceptors (Lipinski definition) is 5. The average molecular weight is 439 g/mol. The molecule has 0 saturated heterocycles. The summed E-state index contributed by atoms with van der Waals surface area (Å²) in [6.07, 6.45) is 0. The van der Waals surface area contributed by atoms with E-state index in [0.717, 1.165) is 0 Å². The summed E-state index contributed by atoms with van der Waals surface area (Å²) in [4.78, 5) is 24.2. The lowest BCUT2D eigenvalue weighted by Gasteiger charge is -2.10. The lowest BCUT2D eigenvalue weighted by molar-refractivity contribution is 0.0981. The molecule has 0 spiro atoms. The largest absolute Gasteiger partial charge is 0.494 e. The quantitative estimate of drug-likeness (QED) is 0.517. The molecule has 3 amide bonds. The van der Waals surface area contributed by atoms with Crippen molar-refractivity contribution in [2.45, 2.75) is 11.8 Å². The molecular weight excluding hydrogens is 418 g/mol. The third-order valence-corrected chi connectivity index (χ3v) is 5.46. The van der Waals surface area contributed by atoms with Crippen LogP contribution in [0.15, 0.2) is 83.8 Å². The number of sulfonamides is 1. The standard InChI is InChI=1S/C22H21N3O5S/c1-2-30-19-12-8-16(9-13-19)21(26)25-31(28,29)20-14-10-18(11-15-20)24-22(27)23-17-6-4-3-5-7-17/h3-15H,2H2,1H3,(H,25,26)(H2,23,24,27). The molecule has 8 nitrogen and oxygen atoms in total. The van der Waals surface area contributed by atoms with Crippen molar-refractivity contribution < 1.29 is 22.7 Å². The number of anilines is 2. The maximum atomic E-state index is 12.5. The fourth-order valence-electron chi connectivity index (χ4n) is 2.64. The van der Waals surface area contributed by atoms with Gasteiger partial charge in [-0.05, 0) is 67.6 Å². The van der Waals surface area contributed by atoms with Crippen LogP contribution in [-0.2, 0) is 10.0 Å². The van der Waals surface area contributed by atoms with E-state index < -0.39 is 22.0 Å². The third kappa shape index (κ3) is 6.06. The lowest BCUT2D eigenvalue weighted by Crippen LogP contribution is -2.30. The number of rotatable bonds is 7. The number of carbonyl (C=O) groups is 2. The first-order valence-electron chi connectivity index (χ1n) is 9.40. The molecule has 31 heavy (non-hydrogen) atoms. The van der Waals surface area contributed by atoms with E-state index in [2.05, 4.69) is 10.6 Å². The molecule has 160 valence electrons. The molecule has 0 aliphatic heterocycles. The van der Waals surface area contributed by atoms with E-state index in [9.17, 15) is 18.0 Å². The van der Waals surface area contributed by atoms with Crippen LogP contribution in [-0.4, -0.2) is 27.0 Å². The summed E-state index contributed by atoms with van der Waals surface area (Å²) in [5.74, 6) is -0.172. The summed E-state index contributed by atoms with van der Waals surface area (Å²) in [6.45, 7) is 2.32. The van der Waals surface area contributed by atoms with Gasteiger partial charge in [-0.2, -0.15) is 0 Å². The molecule has 3 rings (SSSR count). The summed E-state index contributed by atoms with van der Waals surface area (Å²) in [6, 6.07) is 20.0. The van der Waals surface area contributed by atoms with E-state index in [-0.39, 0.29) is 10.5 Å². The highest BCUT2D eigenvalue weighted by molar-refractivity contribution is 7.90. The smallest absolute Gasteiger partial charge is 0.323 e. The molecule has 3 aromatic carbocycles. The minimum Gasteiger partial charge on any atom is -0.494 e. The van der Waals surface area contributed by atoms with Crippen molar-refractivity contribution in [2.24, 2.45) is 0 Å². The summed E-state index contributed by atoms with van der Waals surface area (Å²) < 4.78 is 32.3. The van der Waals surface area contributed by atoms with Gasteiger partial charge in [0, 0.05) is 16.9 Å². The van der Waals surface area contributed by atoms with Gasteiger partial charge in [-0.15, -0.1) is 0 Å². The Kier molecular flexibility index (Phi) is 6.88. The van der Waals surface area contributed by atoms with Gasteiger partial charge in [-0.25, -0.2) is 17.9 Å². The first-order chi connectivity index (χ1) is 14.9. The molecule has 0 aromatic heterocycles.